The van der Waals surface area contributed by atoms with Gasteiger partial charge in [-0.25, -0.2) is 0 Å². The molecule has 2 atom stereocenters. The predicted octanol–water partition coefficient (Wildman–Crippen LogP) is 4.41. The van der Waals surface area contributed by atoms with Crippen LogP contribution in [0.1, 0.15) is 35.2 Å². The fraction of sp³-hybridized carbons (Fsp3) is 0.238. The topological polar surface area (TPSA) is 43.4 Å². The lowest BCUT2D eigenvalue weighted by molar-refractivity contribution is -0.144. The van der Waals surface area contributed by atoms with Crippen molar-refractivity contribution in [3.63, 3.8) is 0 Å². The number of esters is 1. The molecule has 0 aliphatic rings. The molecule has 3 nitrogen and oxygen atoms in total. The summed E-state index contributed by atoms with van der Waals surface area (Å²) in [5, 5.41) is 0. The molecule has 0 aromatic heterocycles. The van der Waals surface area contributed by atoms with E-state index in [-0.39, 0.29) is 24.1 Å². The summed E-state index contributed by atoms with van der Waals surface area (Å²) in [6.07, 6.45) is 3.88. The van der Waals surface area contributed by atoms with Crippen LogP contribution in [0.2, 0.25) is 0 Å². The van der Waals surface area contributed by atoms with Gasteiger partial charge in [0, 0.05) is 17.9 Å². The average molecular weight is 322 g/mol. The number of methoxy groups -OCH3 is 1. The van der Waals surface area contributed by atoms with Crippen molar-refractivity contribution in [3.05, 3.63) is 83.9 Å². The zero-order chi connectivity index (χ0) is 17.4. The number of allylic oxidation sites excluding steroid dienone is 1. The third-order valence-electron chi connectivity index (χ3n) is 4.04. The van der Waals surface area contributed by atoms with Gasteiger partial charge in [-0.05, 0) is 12.5 Å². The van der Waals surface area contributed by atoms with E-state index in [1.165, 1.54) is 7.11 Å². The summed E-state index contributed by atoms with van der Waals surface area (Å²) in [5.74, 6) is -1.07. The van der Waals surface area contributed by atoms with Crippen LogP contribution in [0.3, 0.4) is 0 Å². The summed E-state index contributed by atoms with van der Waals surface area (Å²) in [6.45, 7) is 1.86. The van der Waals surface area contributed by atoms with E-state index in [1.54, 1.807) is 12.1 Å². The van der Waals surface area contributed by atoms with E-state index in [0.717, 1.165) is 5.56 Å². The fourth-order valence-corrected chi connectivity index (χ4v) is 2.81. The number of carbonyl (C=O) groups excluding carboxylic acids is 2. The quantitative estimate of drug-likeness (QED) is 0.431. The monoisotopic (exact) mass is 322 g/mol. The third-order valence-corrected chi connectivity index (χ3v) is 4.04. The molecule has 2 rings (SSSR count). The molecule has 1 unspecified atom stereocenters. The molecule has 0 bridgehead atoms. The van der Waals surface area contributed by atoms with Crippen molar-refractivity contribution >= 4 is 11.8 Å². The lowest BCUT2D eigenvalue weighted by Gasteiger charge is -2.23. The first-order valence-corrected chi connectivity index (χ1v) is 8.01. The van der Waals surface area contributed by atoms with Gasteiger partial charge in [0.25, 0.3) is 0 Å². The van der Waals surface area contributed by atoms with E-state index < -0.39 is 5.92 Å². The summed E-state index contributed by atoms with van der Waals surface area (Å²) in [6, 6.07) is 18.8. The van der Waals surface area contributed by atoms with Gasteiger partial charge in [-0.15, -0.1) is 0 Å². The van der Waals surface area contributed by atoms with E-state index in [4.69, 9.17) is 4.74 Å². The van der Waals surface area contributed by atoms with Gasteiger partial charge in [0.15, 0.2) is 5.78 Å². The molecule has 24 heavy (non-hydrogen) atoms. The van der Waals surface area contributed by atoms with Crippen LogP contribution in [0.25, 0.3) is 0 Å². The molecular weight excluding hydrogens is 300 g/mol. The van der Waals surface area contributed by atoms with E-state index in [9.17, 15) is 9.59 Å². The van der Waals surface area contributed by atoms with E-state index in [2.05, 4.69) is 0 Å². The summed E-state index contributed by atoms with van der Waals surface area (Å²) in [7, 11) is 1.37. The maximum absolute atomic E-state index is 12.7. The van der Waals surface area contributed by atoms with Crippen LogP contribution >= 0.6 is 0 Å². The standard InChI is InChI=1S/C21H22O3/c1-3-10-18(21(23)24-2)19(16-11-6-4-7-12-16)15-20(22)17-13-8-5-9-14-17/h3-14,18-19H,15H2,1-2H3/b10-3+/t18?,19-/m1/s1. The lowest BCUT2D eigenvalue weighted by atomic mass is 9.81. The number of ether oxygens (including phenoxy) is 1. The Kier molecular flexibility index (Phi) is 6.50. The molecule has 0 radical (unpaired) electrons. The number of Topliss-reactive ketones (excluding diaryl/α,β-unsaturated/α-hetero) is 1. The maximum atomic E-state index is 12.7. The second kappa shape index (κ2) is 8.82. The lowest BCUT2D eigenvalue weighted by Crippen LogP contribution is -2.24. The van der Waals surface area contributed by atoms with Gasteiger partial charge in [0.2, 0.25) is 0 Å². The van der Waals surface area contributed by atoms with Crippen LogP contribution in [0.5, 0.6) is 0 Å². The van der Waals surface area contributed by atoms with Crippen molar-refractivity contribution in [1.82, 2.24) is 0 Å². The van der Waals surface area contributed by atoms with Crippen molar-refractivity contribution in [3.8, 4) is 0 Å². The largest absolute Gasteiger partial charge is 0.469 e. The van der Waals surface area contributed by atoms with Crippen molar-refractivity contribution in [2.75, 3.05) is 7.11 Å². The molecular formula is C21H22O3. The van der Waals surface area contributed by atoms with Crippen LogP contribution in [0, 0.1) is 5.92 Å². The van der Waals surface area contributed by atoms with Gasteiger partial charge in [0.05, 0.1) is 13.0 Å². The first-order chi connectivity index (χ1) is 11.7. The normalized spacial score (nSPS) is 13.4. The third kappa shape index (κ3) is 4.42. The molecule has 0 aliphatic carbocycles. The molecule has 0 saturated carbocycles. The molecule has 124 valence electrons. The first-order valence-electron chi connectivity index (χ1n) is 8.01. The van der Waals surface area contributed by atoms with Crippen LogP contribution < -0.4 is 0 Å². The van der Waals surface area contributed by atoms with E-state index in [0.29, 0.717) is 5.56 Å². The molecule has 0 saturated heterocycles. The Morgan fingerprint density at radius 3 is 2.12 bits per heavy atom. The minimum atomic E-state index is -0.491. The second-order valence-corrected chi connectivity index (χ2v) is 5.59. The number of hydrogen-bond donors (Lipinski definition) is 0. The Morgan fingerprint density at radius 2 is 1.58 bits per heavy atom. The Balaban J connectivity index is 2.36. The van der Waals surface area contributed by atoms with Crippen molar-refractivity contribution < 1.29 is 14.3 Å². The van der Waals surface area contributed by atoms with Gasteiger partial charge in [0.1, 0.15) is 0 Å². The molecule has 3 heteroatoms. The molecule has 0 N–H and O–H groups in total. The predicted molar refractivity (Wildman–Crippen MR) is 94.9 cm³/mol. The van der Waals surface area contributed by atoms with E-state index in [1.807, 2.05) is 67.6 Å². The Morgan fingerprint density at radius 1 is 1.00 bits per heavy atom. The zero-order valence-electron chi connectivity index (χ0n) is 14.0. The summed E-state index contributed by atoms with van der Waals surface area (Å²) >= 11 is 0. The first kappa shape index (κ1) is 17.7. The number of carbonyl (C=O) groups is 2. The number of hydrogen-bond acceptors (Lipinski definition) is 3. The molecule has 2 aromatic rings. The molecule has 0 heterocycles. The fourth-order valence-electron chi connectivity index (χ4n) is 2.81. The van der Waals surface area contributed by atoms with Gasteiger partial charge in [-0.3, -0.25) is 9.59 Å². The van der Waals surface area contributed by atoms with Crippen LogP contribution in [-0.4, -0.2) is 18.9 Å². The molecule has 0 fully saturated rings. The van der Waals surface area contributed by atoms with Crippen LogP contribution in [0.15, 0.2) is 72.8 Å². The van der Waals surface area contributed by atoms with Crippen molar-refractivity contribution in [2.45, 2.75) is 19.3 Å². The SMILES string of the molecule is C/C=C/C(C(=O)OC)[C@H](CC(=O)c1ccccc1)c1ccccc1. The number of ketones is 1. The van der Waals surface area contributed by atoms with Gasteiger partial charge in [-0.1, -0.05) is 72.8 Å². The molecule has 0 amide bonds. The smallest absolute Gasteiger partial charge is 0.313 e. The van der Waals surface area contributed by atoms with Gasteiger partial charge in [-0.2, -0.15) is 0 Å². The minimum Gasteiger partial charge on any atom is -0.469 e. The van der Waals surface area contributed by atoms with Gasteiger partial charge < -0.3 is 4.74 Å². The second-order valence-electron chi connectivity index (χ2n) is 5.59. The Labute approximate surface area is 143 Å². The Hall–Kier alpha value is -2.68. The van der Waals surface area contributed by atoms with E-state index >= 15 is 0 Å². The zero-order valence-corrected chi connectivity index (χ0v) is 14.0. The number of benzene rings is 2. The highest BCUT2D eigenvalue weighted by atomic mass is 16.5. The highest BCUT2D eigenvalue weighted by Crippen LogP contribution is 2.31. The summed E-state index contributed by atoms with van der Waals surface area (Å²) in [5.41, 5.74) is 1.61. The summed E-state index contributed by atoms with van der Waals surface area (Å²) < 4.78 is 4.95. The maximum Gasteiger partial charge on any atom is 0.313 e. The van der Waals surface area contributed by atoms with Crippen LogP contribution in [-0.2, 0) is 9.53 Å². The van der Waals surface area contributed by atoms with Crippen molar-refractivity contribution in [2.24, 2.45) is 5.92 Å². The van der Waals surface area contributed by atoms with Crippen LogP contribution in [0.4, 0.5) is 0 Å². The highest BCUT2D eigenvalue weighted by molar-refractivity contribution is 5.97. The van der Waals surface area contributed by atoms with Crippen molar-refractivity contribution in [1.29, 1.82) is 0 Å². The summed E-state index contributed by atoms with van der Waals surface area (Å²) in [4.78, 5) is 24.9. The molecule has 2 aromatic carbocycles. The minimum absolute atomic E-state index is 0.0165. The average Bonchev–Trinajstić information content (AvgIpc) is 2.65. The Bertz CT molecular complexity index is 690. The number of rotatable bonds is 7. The highest BCUT2D eigenvalue weighted by Gasteiger charge is 2.30. The van der Waals surface area contributed by atoms with Gasteiger partial charge >= 0.3 is 5.97 Å². The molecule has 0 spiro atoms. The molecule has 0 aliphatic heterocycles.